The van der Waals surface area contributed by atoms with Gasteiger partial charge in [0.25, 0.3) is 0 Å². The van der Waals surface area contributed by atoms with Gasteiger partial charge in [0.15, 0.2) is 5.13 Å². The van der Waals surface area contributed by atoms with Crippen molar-refractivity contribution >= 4 is 11.6 Å². The lowest BCUT2D eigenvalue weighted by Crippen LogP contribution is -1.90. The van der Waals surface area contributed by atoms with E-state index in [2.05, 4.69) is 6.92 Å². The Kier molecular flexibility index (Phi) is 2.00. The van der Waals surface area contributed by atoms with Crippen LogP contribution in [0.2, 0.25) is 0 Å². The first-order valence-electron chi connectivity index (χ1n) is 3.54. The summed E-state index contributed by atoms with van der Waals surface area (Å²) in [4.78, 5) is 0. The molecule has 0 aromatic heterocycles. The Bertz CT molecular complexity index is 101. The van der Waals surface area contributed by atoms with Crippen molar-refractivity contribution in [2.45, 2.75) is 37.7 Å². The van der Waals surface area contributed by atoms with E-state index < -0.39 is 5.13 Å². The molecular weight excluding hydrogens is 139 g/mol. The summed E-state index contributed by atoms with van der Waals surface area (Å²) in [6.07, 6.45) is 3.80. The number of hydrogen-bond donors (Lipinski definition) is 0. The van der Waals surface area contributed by atoms with Crippen molar-refractivity contribution in [3.05, 3.63) is 0 Å². The van der Waals surface area contributed by atoms with Crippen molar-refractivity contribution in [3.8, 4) is 0 Å². The summed E-state index contributed by atoms with van der Waals surface area (Å²) in [5.41, 5.74) is 0. The molecule has 1 fully saturated rings. The van der Waals surface area contributed by atoms with Crippen LogP contribution in [0.1, 0.15) is 32.6 Å². The number of halogens is 2. The molecule has 0 aromatic rings. The molecule has 0 amide bonds. The number of alkyl halides is 2. The molecule has 0 saturated heterocycles. The van der Waals surface area contributed by atoms with Gasteiger partial charge in [0.2, 0.25) is 0 Å². The highest BCUT2D eigenvalue weighted by atomic mass is 35.5. The molecule has 0 N–H and O–H groups in total. The maximum absolute atomic E-state index is 12.6. The second-order valence-electron chi connectivity index (χ2n) is 2.80. The van der Waals surface area contributed by atoms with Crippen molar-refractivity contribution in [1.29, 1.82) is 0 Å². The third-order valence-corrected chi connectivity index (χ3v) is 2.32. The zero-order valence-electron chi connectivity index (χ0n) is 5.66. The summed E-state index contributed by atoms with van der Waals surface area (Å²) in [7, 11) is 0. The van der Waals surface area contributed by atoms with Crippen LogP contribution in [0, 0.1) is 5.92 Å². The van der Waals surface area contributed by atoms with Crippen LogP contribution in [0.5, 0.6) is 0 Å². The number of rotatable bonds is 3. The summed E-state index contributed by atoms with van der Waals surface area (Å²) in [6.45, 7) is 2.11. The lowest BCUT2D eigenvalue weighted by molar-refractivity contribution is 0.384. The normalized spacial score (nSPS) is 41.0. The molecule has 1 rings (SSSR count). The minimum absolute atomic E-state index is 0.166. The van der Waals surface area contributed by atoms with Crippen LogP contribution >= 0.6 is 11.6 Å². The Labute approximate surface area is 60.4 Å². The van der Waals surface area contributed by atoms with Crippen LogP contribution in [0.4, 0.5) is 4.39 Å². The van der Waals surface area contributed by atoms with Crippen LogP contribution < -0.4 is 0 Å². The lowest BCUT2D eigenvalue weighted by Gasteiger charge is -1.94. The topological polar surface area (TPSA) is 0 Å². The molecule has 54 valence electrons. The fraction of sp³-hybridized carbons (Fsp3) is 1.00. The predicted molar refractivity (Wildman–Crippen MR) is 37.3 cm³/mol. The maximum Gasteiger partial charge on any atom is 0.187 e. The minimum atomic E-state index is -1.31. The Hall–Kier alpha value is 0.220. The van der Waals surface area contributed by atoms with Crippen LogP contribution in [0.25, 0.3) is 0 Å². The van der Waals surface area contributed by atoms with E-state index in [1.165, 1.54) is 0 Å². The summed E-state index contributed by atoms with van der Waals surface area (Å²) in [5, 5.41) is -1.31. The monoisotopic (exact) mass is 150 g/mol. The van der Waals surface area contributed by atoms with E-state index in [9.17, 15) is 4.39 Å². The van der Waals surface area contributed by atoms with Gasteiger partial charge in [0.1, 0.15) is 0 Å². The highest BCUT2D eigenvalue weighted by Crippen LogP contribution is 2.53. The molecule has 0 nitrogen and oxygen atoms in total. The van der Waals surface area contributed by atoms with Crippen molar-refractivity contribution in [1.82, 2.24) is 0 Å². The predicted octanol–water partition coefficient (Wildman–Crippen LogP) is 3.10. The van der Waals surface area contributed by atoms with Gasteiger partial charge in [-0.15, -0.1) is 0 Å². The standard InChI is InChI=1S/C7H12ClF/c1-2-3-4-6-5-7(6,8)9/h6H,2-5H2,1H3/t6-,7-/m1/s1. The highest BCUT2D eigenvalue weighted by Gasteiger charge is 2.53. The van der Waals surface area contributed by atoms with Crippen LogP contribution in [-0.4, -0.2) is 5.13 Å². The quantitative estimate of drug-likeness (QED) is 0.543. The van der Waals surface area contributed by atoms with Gasteiger partial charge >= 0.3 is 0 Å². The van der Waals surface area contributed by atoms with Gasteiger partial charge in [-0.3, -0.25) is 0 Å². The molecule has 0 heterocycles. The molecular formula is C7H12ClF. The maximum atomic E-state index is 12.6. The third-order valence-electron chi connectivity index (χ3n) is 1.86. The van der Waals surface area contributed by atoms with Gasteiger partial charge in [-0.25, -0.2) is 4.39 Å². The van der Waals surface area contributed by atoms with E-state index in [0.29, 0.717) is 6.42 Å². The largest absolute Gasteiger partial charge is 0.226 e. The summed E-state index contributed by atoms with van der Waals surface area (Å²) in [5.74, 6) is 0.166. The molecule has 1 aliphatic carbocycles. The average molecular weight is 151 g/mol. The van der Waals surface area contributed by atoms with Gasteiger partial charge in [0.05, 0.1) is 0 Å². The average Bonchev–Trinajstić information content (AvgIpc) is 2.35. The Balaban J connectivity index is 2.06. The Morgan fingerprint density at radius 1 is 1.78 bits per heavy atom. The molecule has 0 radical (unpaired) electrons. The van der Waals surface area contributed by atoms with Crippen LogP contribution in [0.15, 0.2) is 0 Å². The highest BCUT2D eigenvalue weighted by molar-refractivity contribution is 6.24. The van der Waals surface area contributed by atoms with Crippen molar-refractivity contribution < 1.29 is 4.39 Å². The van der Waals surface area contributed by atoms with Gasteiger partial charge in [-0.2, -0.15) is 0 Å². The van der Waals surface area contributed by atoms with Gasteiger partial charge in [0, 0.05) is 12.3 Å². The second-order valence-corrected chi connectivity index (χ2v) is 3.43. The van der Waals surface area contributed by atoms with E-state index in [1.807, 2.05) is 0 Å². The molecule has 1 saturated carbocycles. The molecule has 1 aliphatic rings. The lowest BCUT2D eigenvalue weighted by atomic mass is 10.2. The molecule has 0 bridgehead atoms. The first-order chi connectivity index (χ1) is 4.17. The zero-order chi connectivity index (χ0) is 6.91. The molecule has 0 aliphatic heterocycles. The van der Waals surface area contributed by atoms with Crippen molar-refractivity contribution in [2.24, 2.45) is 5.92 Å². The fourth-order valence-electron chi connectivity index (χ4n) is 1.03. The zero-order valence-corrected chi connectivity index (χ0v) is 6.42. The van der Waals surface area contributed by atoms with Gasteiger partial charge in [-0.1, -0.05) is 31.4 Å². The molecule has 0 spiro atoms. The Morgan fingerprint density at radius 3 is 2.67 bits per heavy atom. The van der Waals surface area contributed by atoms with E-state index in [-0.39, 0.29) is 5.92 Å². The van der Waals surface area contributed by atoms with Crippen molar-refractivity contribution in [3.63, 3.8) is 0 Å². The molecule has 2 heteroatoms. The van der Waals surface area contributed by atoms with Crippen molar-refractivity contribution in [2.75, 3.05) is 0 Å². The first kappa shape index (κ1) is 7.33. The fourth-order valence-corrected chi connectivity index (χ4v) is 1.33. The molecule has 0 unspecified atom stereocenters. The van der Waals surface area contributed by atoms with E-state index >= 15 is 0 Å². The number of hydrogen-bond acceptors (Lipinski definition) is 0. The first-order valence-corrected chi connectivity index (χ1v) is 3.92. The van der Waals surface area contributed by atoms with Gasteiger partial charge in [-0.05, 0) is 6.42 Å². The summed E-state index contributed by atoms with van der Waals surface area (Å²) >= 11 is 5.38. The summed E-state index contributed by atoms with van der Waals surface area (Å²) < 4.78 is 12.6. The van der Waals surface area contributed by atoms with E-state index in [1.54, 1.807) is 0 Å². The van der Waals surface area contributed by atoms with Crippen LogP contribution in [0.3, 0.4) is 0 Å². The smallest absolute Gasteiger partial charge is 0.187 e. The Morgan fingerprint density at radius 2 is 2.33 bits per heavy atom. The van der Waals surface area contributed by atoms with E-state index in [0.717, 1.165) is 19.3 Å². The van der Waals surface area contributed by atoms with Gasteiger partial charge < -0.3 is 0 Å². The molecule has 0 aromatic carbocycles. The molecule has 2 atom stereocenters. The summed E-state index contributed by atoms with van der Waals surface area (Å²) in [6, 6.07) is 0. The third kappa shape index (κ3) is 1.82. The van der Waals surface area contributed by atoms with E-state index in [4.69, 9.17) is 11.6 Å². The molecule has 9 heavy (non-hydrogen) atoms. The second kappa shape index (κ2) is 2.45. The number of unbranched alkanes of at least 4 members (excludes halogenated alkanes) is 1. The minimum Gasteiger partial charge on any atom is -0.226 e. The SMILES string of the molecule is CCCC[C@@H]1C[C@]1(F)Cl. The van der Waals surface area contributed by atoms with Crippen LogP contribution in [-0.2, 0) is 0 Å².